The predicted molar refractivity (Wildman–Crippen MR) is 82.3 cm³/mol. The Morgan fingerprint density at radius 1 is 1.26 bits per heavy atom. The highest BCUT2D eigenvalue weighted by Crippen LogP contribution is 2.21. The number of carbonyl (C=O) groups excluding carboxylic acids is 1. The van der Waals surface area contributed by atoms with Gasteiger partial charge in [-0.05, 0) is 37.1 Å². The van der Waals surface area contributed by atoms with Crippen LogP contribution in [0.2, 0.25) is 0 Å². The van der Waals surface area contributed by atoms with Gasteiger partial charge in [-0.15, -0.1) is 0 Å². The molecule has 0 radical (unpaired) electrons. The third kappa shape index (κ3) is 4.23. The van der Waals surface area contributed by atoms with Crippen LogP contribution in [0, 0.1) is 0 Å². The third-order valence-electron chi connectivity index (χ3n) is 3.80. The molecule has 104 valence electrons. The minimum atomic E-state index is 0.176. The number of rotatable bonds is 4. The van der Waals surface area contributed by atoms with Crippen molar-refractivity contribution in [3.63, 3.8) is 0 Å². The first-order valence-corrected chi connectivity index (χ1v) is 7.71. The summed E-state index contributed by atoms with van der Waals surface area (Å²) in [6.45, 7) is 0.370. The van der Waals surface area contributed by atoms with E-state index in [1.165, 1.54) is 19.3 Å². The second-order valence-electron chi connectivity index (χ2n) is 5.16. The lowest BCUT2D eigenvalue weighted by Crippen LogP contribution is -2.41. The van der Waals surface area contributed by atoms with E-state index in [0.29, 0.717) is 12.6 Å². The van der Waals surface area contributed by atoms with Crippen LogP contribution in [0.1, 0.15) is 32.1 Å². The van der Waals surface area contributed by atoms with Crippen LogP contribution in [-0.4, -0.2) is 30.4 Å². The summed E-state index contributed by atoms with van der Waals surface area (Å²) >= 11 is 3.40. The van der Waals surface area contributed by atoms with Crippen molar-refractivity contribution >= 4 is 27.5 Å². The van der Waals surface area contributed by atoms with E-state index >= 15 is 0 Å². The maximum Gasteiger partial charge on any atom is 0.241 e. The van der Waals surface area contributed by atoms with Crippen molar-refractivity contribution in [3.8, 4) is 0 Å². The van der Waals surface area contributed by atoms with Crippen LogP contribution in [0.5, 0.6) is 0 Å². The topological polar surface area (TPSA) is 32.3 Å². The molecule has 3 nitrogen and oxygen atoms in total. The van der Waals surface area contributed by atoms with E-state index in [1.54, 1.807) is 0 Å². The number of hydrogen-bond donors (Lipinski definition) is 1. The molecule has 2 rings (SSSR count). The highest BCUT2D eigenvalue weighted by atomic mass is 79.9. The molecule has 0 aromatic heterocycles. The van der Waals surface area contributed by atoms with Gasteiger partial charge in [-0.3, -0.25) is 4.79 Å². The van der Waals surface area contributed by atoms with E-state index in [4.69, 9.17) is 0 Å². The Morgan fingerprint density at radius 2 is 1.89 bits per heavy atom. The second-order valence-corrected chi connectivity index (χ2v) is 6.07. The summed E-state index contributed by atoms with van der Waals surface area (Å²) in [6.07, 6.45) is 6.13. The number of halogens is 1. The van der Waals surface area contributed by atoms with Gasteiger partial charge in [0.2, 0.25) is 5.91 Å². The molecular weight excluding hydrogens is 304 g/mol. The highest BCUT2D eigenvalue weighted by molar-refractivity contribution is 9.10. The number of nitrogens with one attached hydrogen (secondary N) is 1. The largest absolute Gasteiger partial charge is 0.376 e. The van der Waals surface area contributed by atoms with E-state index in [-0.39, 0.29) is 5.91 Å². The SMILES string of the molecule is CN(C(=O)CNc1ccc(Br)cc1)C1CCCCC1. The average Bonchev–Trinajstić information content (AvgIpc) is 2.46. The standard InChI is InChI=1S/C15H21BrN2O/c1-18(14-5-3-2-4-6-14)15(19)11-17-13-9-7-12(16)8-10-13/h7-10,14,17H,2-6,11H2,1H3. The minimum Gasteiger partial charge on any atom is -0.376 e. The molecule has 0 atom stereocenters. The van der Waals surface area contributed by atoms with Crippen LogP contribution in [0.15, 0.2) is 28.7 Å². The molecule has 1 aromatic rings. The molecule has 1 N–H and O–H groups in total. The van der Waals surface area contributed by atoms with Gasteiger partial charge < -0.3 is 10.2 Å². The lowest BCUT2D eigenvalue weighted by Gasteiger charge is -2.31. The van der Waals surface area contributed by atoms with Gasteiger partial charge in [0.15, 0.2) is 0 Å². The Balaban J connectivity index is 1.81. The summed E-state index contributed by atoms with van der Waals surface area (Å²) < 4.78 is 1.05. The van der Waals surface area contributed by atoms with Crippen LogP contribution in [0.4, 0.5) is 5.69 Å². The Kier molecular flexibility index (Phi) is 5.25. The fourth-order valence-corrected chi connectivity index (χ4v) is 2.81. The van der Waals surface area contributed by atoms with Gasteiger partial charge in [0.05, 0.1) is 6.54 Å². The Bertz CT molecular complexity index is 413. The van der Waals surface area contributed by atoms with Crippen LogP contribution in [-0.2, 0) is 4.79 Å². The molecule has 0 heterocycles. The minimum absolute atomic E-state index is 0.176. The Hall–Kier alpha value is -1.03. The van der Waals surface area contributed by atoms with Crippen LogP contribution in [0.3, 0.4) is 0 Å². The van der Waals surface area contributed by atoms with E-state index in [9.17, 15) is 4.79 Å². The molecule has 1 aliphatic carbocycles. The molecule has 1 saturated carbocycles. The van der Waals surface area contributed by atoms with Gasteiger partial charge in [0, 0.05) is 23.2 Å². The van der Waals surface area contributed by atoms with Crippen molar-refractivity contribution < 1.29 is 4.79 Å². The molecule has 0 aliphatic heterocycles. The van der Waals surface area contributed by atoms with Gasteiger partial charge in [0.1, 0.15) is 0 Å². The molecule has 1 aromatic carbocycles. The van der Waals surface area contributed by atoms with E-state index in [2.05, 4.69) is 21.2 Å². The molecule has 1 fully saturated rings. The number of anilines is 1. The zero-order valence-electron chi connectivity index (χ0n) is 11.4. The first-order chi connectivity index (χ1) is 9.16. The summed E-state index contributed by atoms with van der Waals surface area (Å²) in [5.74, 6) is 0.176. The molecule has 0 saturated heterocycles. The summed E-state index contributed by atoms with van der Waals surface area (Å²) in [5.41, 5.74) is 0.980. The maximum atomic E-state index is 12.1. The normalized spacial score (nSPS) is 16.1. The van der Waals surface area contributed by atoms with Crippen molar-refractivity contribution in [2.75, 3.05) is 18.9 Å². The van der Waals surface area contributed by atoms with Gasteiger partial charge >= 0.3 is 0 Å². The Labute approximate surface area is 123 Å². The van der Waals surface area contributed by atoms with Crippen LogP contribution < -0.4 is 5.32 Å². The van der Waals surface area contributed by atoms with E-state index in [0.717, 1.165) is 23.0 Å². The van der Waals surface area contributed by atoms with Gasteiger partial charge in [-0.25, -0.2) is 0 Å². The molecule has 1 amide bonds. The van der Waals surface area contributed by atoms with Crippen molar-refractivity contribution in [1.82, 2.24) is 4.90 Å². The zero-order valence-corrected chi connectivity index (χ0v) is 12.9. The number of benzene rings is 1. The van der Waals surface area contributed by atoms with Gasteiger partial charge in [0.25, 0.3) is 0 Å². The van der Waals surface area contributed by atoms with Crippen molar-refractivity contribution in [3.05, 3.63) is 28.7 Å². The molecular formula is C15H21BrN2O. The average molecular weight is 325 g/mol. The second kappa shape index (κ2) is 6.94. The lowest BCUT2D eigenvalue weighted by atomic mass is 9.94. The number of likely N-dealkylation sites (N-methyl/N-ethyl adjacent to an activating group) is 1. The Morgan fingerprint density at radius 3 is 2.53 bits per heavy atom. The third-order valence-corrected chi connectivity index (χ3v) is 4.33. The molecule has 0 bridgehead atoms. The number of nitrogens with zero attached hydrogens (tertiary/aromatic N) is 1. The molecule has 0 spiro atoms. The molecule has 1 aliphatic rings. The number of amides is 1. The number of hydrogen-bond acceptors (Lipinski definition) is 2. The first kappa shape index (κ1) is 14.4. The highest BCUT2D eigenvalue weighted by Gasteiger charge is 2.21. The van der Waals surface area contributed by atoms with Crippen LogP contribution in [0.25, 0.3) is 0 Å². The fraction of sp³-hybridized carbons (Fsp3) is 0.533. The van der Waals surface area contributed by atoms with Crippen molar-refractivity contribution in [1.29, 1.82) is 0 Å². The summed E-state index contributed by atoms with van der Waals surface area (Å²) in [6, 6.07) is 8.32. The molecule has 19 heavy (non-hydrogen) atoms. The monoisotopic (exact) mass is 324 g/mol. The summed E-state index contributed by atoms with van der Waals surface area (Å²) in [7, 11) is 1.93. The predicted octanol–water partition coefficient (Wildman–Crippen LogP) is 3.65. The summed E-state index contributed by atoms with van der Waals surface area (Å²) in [5, 5.41) is 3.18. The van der Waals surface area contributed by atoms with Crippen LogP contribution >= 0.6 is 15.9 Å². The van der Waals surface area contributed by atoms with E-state index < -0.39 is 0 Å². The van der Waals surface area contributed by atoms with Gasteiger partial charge in [-0.2, -0.15) is 0 Å². The fourth-order valence-electron chi connectivity index (χ4n) is 2.54. The smallest absolute Gasteiger partial charge is 0.241 e. The molecule has 0 unspecified atom stereocenters. The van der Waals surface area contributed by atoms with Crippen molar-refractivity contribution in [2.24, 2.45) is 0 Å². The lowest BCUT2D eigenvalue weighted by molar-refractivity contribution is -0.130. The quantitative estimate of drug-likeness (QED) is 0.916. The first-order valence-electron chi connectivity index (χ1n) is 6.92. The van der Waals surface area contributed by atoms with E-state index in [1.807, 2.05) is 36.2 Å². The summed E-state index contributed by atoms with van der Waals surface area (Å²) in [4.78, 5) is 14.1. The molecule has 4 heteroatoms. The van der Waals surface area contributed by atoms with Gasteiger partial charge in [-0.1, -0.05) is 35.2 Å². The maximum absolute atomic E-state index is 12.1. The number of carbonyl (C=O) groups is 1. The van der Waals surface area contributed by atoms with Crippen molar-refractivity contribution in [2.45, 2.75) is 38.1 Å². The zero-order chi connectivity index (χ0) is 13.7.